The highest BCUT2D eigenvalue weighted by molar-refractivity contribution is 6.05. The average molecular weight is 228 g/mol. The lowest BCUT2D eigenvalue weighted by Gasteiger charge is -2.41. The first-order valence-electron chi connectivity index (χ1n) is 5.81. The van der Waals surface area contributed by atoms with Gasteiger partial charge in [-0.2, -0.15) is 0 Å². The highest BCUT2D eigenvalue weighted by Crippen LogP contribution is 2.44. The van der Waals surface area contributed by atoms with Crippen molar-refractivity contribution >= 4 is 11.8 Å². The molecule has 0 aromatic carbocycles. The van der Waals surface area contributed by atoms with E-state index >= 15 is 0 Å². The predicted molar refractivity (Wildman–Crippen MR) is 58.8 cm³/mol. The third-order valence-electron chi connectivity index (χ3n) is 2.96. The lowest BCUT2D eigenvalue weighted by atomic mass is 9.63. The van der Waals surface area contributed by atoms with Crippen LogP contribution < -0.4 is 0 Å². The Morgan fingerprint density at radius 3 is 2.38 bits per heavy atom. The zero-order valence-corrected chi connectivity index (χ0v) is 10.2. The van der Waals surface area contributed by atoms with Crippen molar-refractivity contribution in [2.75, 3.05) is 6.61 Å². The number of carbonyl (C=O) groups is 2. The monoisotopic (exact) mass is 228 g/mol. The third-order valence-corrected chi connectivity index (χ3v) is 2.96. The van der Waals surface area contributed by atoms with Crippen molar-refractivity contribution in [2.45, 2.75) is 46.1 Å². The molecule has 0 unspecified atom stereocenters. The van der Waals surface area contributed by atoms with Gasteiger partial charge in [0.2, 0.25) is 0 Å². The Morgan fingerprint density at radius 1 is 1.44 bits per heavy atom. The zero-order valence-electron chi connectivity index (χ0n) is 10.2. The van der Waals surface area contributed by atoms with Crippen LogP contribution in [-0.4, -0.2) is 29.6 Å². The van der Waals surface area contributed by atoms with Gasteiger partial charge >= 0.3 is 5.97 Å². The number of aliphatic hydroxyl groups excluding tert-OH is 1. The van der Waals surface area contributed by atoms with Gasteiger partial charge < -0.3 is 9.84 Å². The fourth-order valence-electron chi connectivity index (χ4n) is 2.09. The van der Waals surface area contributed by atoms with E-state index in [1.807, 2.05) is 13.8 Å². The maximum Gasteiger partial charge on any atom is 0.319 e. The topological polar surface area (TPSA) is 63.6 Å². The Morgan fingerprint density at radius 2 is 2.00 bits per heavy atom. The molecule has 0 atom stereocenters. The quantitative estimate of drug-likeness (QED) is 0.569. The highest BCUT2D eigenvalue weighted by Gasteiger charge is 2.55. The molecule has 0 spiro atoms. The number of rotatable bonds is 5. The van der Waals surface area contributed by atoms with Crippen LogP contribution >= 0.6 is 0 Å². The lowest BCUT2D eigenvalue weighted by Crippen LogP contribution is -2.53. The van der Waals surface area contributed by atoms with Crippen LogP contribution in [0.5, 0.6) is 0 Å². The summed E-state index contributed by atoms with van der Waals surface area (Å²) in [6, 6.07) is 0. The first-order chi connectivity index (χ1) is 7.42. The third kappa shape index (κ3) is 2.43. The number of Topliss-reactive ketones (excluding diaryl/α,β-unsaturated/α-hetero) is 1. The second-order valence-electron chi connectivity index (χ2n) is 4.89. The molecule has 1 saturated carbocycles. The molecule has 1 fully saturated rings. The summed E-state index contributed by atoms with van der Waals surface area (Å²) in [4.78, 5) is 23.8. The summed E-state index contributed by atoms with van der Waals surface area (Å²) in [5.41, 5.74) is -1.06. The van der Waals surface area contributed by atoms with E-state index in [0.717, 1.165) is 0 Å². The summed E-state index contributed by atoms with van der Waals surface area (Å²) in [7, 11) is 0. The summed E-state index contributed by atoms with van der Waals surface area (Å²) in [6.07, 6.45) is 0.265. The fourth-order valence-corrected chi connectivity index (χ4v) is 2.09. The molecule has 0 radical (unpaired) electrons. The molecule has 0 amide bonds. The van der Waals surface area contributed by atoms with Gasteiger partial charge in [0.25, 0.3) is 0 Å². The van der Waals surface area contributed by atoms with Crippen LogP contribution in [0.3, 0.4) is 0 Å². The van der Waals surface area contributed by atoms with Gasteiger partial charge in [0.05, 0.1) is 12.7 Å². The fraction of sp³-hybridized carbons (Fsp3) is 0.833. The standard InChI is InChI=1S/C12H20O4/c1-4-16-11(15)12(6-9(13)7-12)10(14)5-8(2)3/h8-9,13H,4-7H2,1-3H3. The van der Waals surface area contributed by atoms with Crippen molar-refractivity contribution in [3.05, 3.63) is 0 Å². The molecule has 0 aliphatic heterocycles. The van der Waals surface area contributed by atoms with Crippen LogP contribution in [0, 0.1) is 11.3 Å². The van der Waals surface area contributed by atoms with Crippen molar-refractivity contribution in [3.63, 3.8) is 0 Å². The molecule has 1 aliphatic rings. The minimum Gasteiger partial charge on any atom is -0.465 e. The van der Waals surface area contributed by atoms with Crippen molar-refractivity contribution < 1.29 is 19.4 Å². The van der Waals surface area contributed by atoms with Gasteiger partial charge in [-0.1, -0.05) is 13.8 Å². The molecule has 1 aliphatic carbocycles. The van der Waals surface area contributed by atoms with Crippen molar-refractivity contribution in [3.8, 4) is 0 Å². The van der Waals surface area contributed by atoms with E-state index in [2.05, 4.69) is 0 Å². The molecule has 4 nitrogen and oxygen atoms in total. The minimum absolute atomic E-state index is 0.0914. The normalized spacial score (nSPS) is 28.7. The van der Waals surface area contributed by atoms with E-state index < -0.39 is 17.5 Å². The summed E-state index contributed by atoms with van der Waals surface area (Å²) >= 11 is 0. The molecule has 4 heteroatoms. The van der Waals surface area contributed by atoms with Gasteiger partial charge in [-0.05, 0) is 25.7 Å². The maximum absolute atomic E-state index is 12.0. The Hall–Kier alpha value is -0.900. The number of ketones is 1. The van der Waals surface area contributed by atoms with Gasteiger partial charge in [-0.15, -0.1) is 0 Å². The second kappa shape index (κ2) is 4.95. The number of ether oxygens (including phenoxy) is 1. The van der Waals surface area contributed by atoms with E-state index in [4.69, 9.17) is 4.74 Å². The predicted octanol–water partition coefficient (Wildman–Crippen LogP) is 1.31. The first kappa shape index (κ1) is 13.2. The molecule has 1 N–H and O–H groups in total. The Balaban J connectivity index is 2.74. The number of hydrogen-bond acceptors (Lipinski definition) is 4. The summed E-state index contributed by atoms with van der Waals surface area (Å²) in [5.74, 6) is -0.339. The Labute approximate surface area is 96.0 Å². The van der Waals surface area contributed by atoms with E-state index in [9.17, 15) is 14.7 Å². The number of carbonyl (C=O) groups excluding carboxylic acids is 2. The lowest BCUT2D eigenvalue weighted by molar-refractivity contribution is -0.174. The Bertz CT molecular complexity index is 277. The van der Waals surface area contributed by atoms with Gasteiger partial charge in [0.1, 0.15) is 5.41 Å². The van der Waals surface area contributed by atoms with E-state index in [1.165, 1.54) is 0 Å². The number of aliphatic hydroxyl groups is 1. The van der Waals surface area contributed by atoms with Crippen molar-refractivity contribution in [2.24, 2.45) is 11.3 Å². The number of hydrogen-bond donors (Lipinski definition) is 1. The van der Waals surface area contributed by atoms with Gasteiger partial charge in [0.15, 0.2) is 5.78 Å². The summed E-state index contributed by atoms with van der Waals surface area (Å²) in [6.45, 7) is 5.86. The smallest absolute Gasteiger partial charge is 0.319 e. The van der Waals surface area contributed by atoms with E-state index in [1.54, 1.807) is 6.92 Å². The number of esters is 1. The molecule has 0 heterocycles. The van der Waals surface area contributed by atoms with Crippen LogP contribution in [0.4, 0.5) is 0 Å². The van der Waals surface area contributed by atoms with Crippen LogP contribution in [0.15, 0.2) is 0 Å². The van der Waals surface area contributed by atoms with Gasteiger partial charge in [-0.25, -0.2) is 0 Å². The van der Waals surface area contributed by atoms with Crippen LogP contribution in [-0.2, 0) is 14.3 Å². The van der Waals surface area contributed by atoms with Crippen LogP contribution in [0.25, 0.3) is 0 Å². The zero-order chi connectivity index (χ0) is 12.3. The molecule has 16 heavy (non-hydrogen) atoms. The first-order valence-corrected chi connectivity index (χ1v) is 5.81. The molecule has 0 bridgehead atoms. The van der Waals surface area contributed by atoms with E-state index in [-0.39, 0.29) is 31.1 Å². The molecule has 92 valence electrons. The molecular weight excluding hydrogens is 208 g/mol. The largest absolute Gasteiger partial charge is 0.465 e. The van der Waals surface area contributed by atoms with E-state index in [0.29, 0.717) is 6.42 Å². The van der Waals surface area contributed by atoms with Crippen LogP contribution in [0.1, 0.15) is 40.0 Å². The molecular formula is C12H20O4. The molecule has 0 aromatic rings. The Kier molecular flexibility index (Phi) is 4.08. The maximum atomic E-state index is 12.0. The summed E-state index contributed by atoms with van der Waals surface area (Å²) in [5, 5.41) is 9.32. The average Bonchev–Trinajstić information content (AvgIpc) is 2.11. The molecule has 0 aromatic heterocycles. The molecule has 1 rings (SSSR count). The molecule has 0 saturated heterocycles. The van der Waals surface area contributed by atoms with Crippen molar-refractivity contribution in [1.82, 2.24) is 0 Å². The minimum atomic E-state index is -1.06. The highest BCUT2D eigenvalue weighted by atomic mass is 16.5. The van der Waals surface area contributed by atoms with Gasteiger partial charge in [0, 0.05) is 6.42 Å². The second-order valence-corrected chi connectivity index (χ2v) is 4.89. The summed E-state index contributed by atoms with van der Waals surface area (Å²) < 4.78 is 4.93. The van der Waals surface area contributed by atoms with Crippen LogP contribution in [0.2, 0.25) is 0 Å². The van der Waals surface area contributed by atoms with Gasteiger partial charge in [-0.3, -0.25) is 9.59 Å². The SMILES string of the molecule is CCOC(=O)C1(C(=O)CC(C)C)CC(O)C1. The van der Waals surface area contributed by atoms with Crippen molar-refractivity contribution in [1.29, 1.82) is 0 Å².